The van der Waals surface area contributed by atoms with Crippen molar-refractivity contribution < 1.29 is 56.3 Å². The number of carbonyl (C=O) groups excluding carboxylic acids is 3. The molecule has 16 heteroatoms. The van der Waals surface area contributed by atoms with E-state index in [-0.39, 0.29) is 48.2 Å². The van der Waals surface area contributed by atoms with Crippen LogP contribution in [0.25, 0.3) is 10.1 Å². The first-order valence-corrected chi connectivity index (χ1v) is 22.9. The monoisotopic (exact) mass is 850 g/mol. The van der Waals surface area contributed by atoms with Crippen LogP contribution < -0.4 is 4.72 Å². The molecule has 1 aromatic carbocycles. The van der Waals surface area contributed by atoms with Gasteiger partial charge in [0.25, 0.3) is 10.0 Å². The summed E-state index contributed by atoms with van der Waals surface area (Å²) in [4.78, 5) is 43.8. The molecule has 2 bridgehead atoms. The first-order chi connectivity index (χ1) is 27.2. The molecular weight excluding hydrogens is 789 g/mol. The minimum atomic E-state index is -4.08. The molecule has 5 heterocycles. The fraction of sp³-hybridized carbons (Fsp3) is 0.738. The summed E-state index contributed by atoms with van der Waals surface area (Å²) in [6.07, 6.45) is -4.25. The minimum Gasteiger partial charge on any atom is -0.458 e. The number of nitrogens with zero attached hydrogens (tertiary/aromatic N) is 1. The van der Waals surface area contributed by atoms with Gasteiger partial charge < -0.3 is 38.4 Å². The molecule has 324 valence electrons. The number of esters is 2. The second-order valence-corrected chi connectivity index (χ2v) is 20.7. The average molecular weight is 851 g/mol. The van der Waals surface area contributed by atoms with Gasteiger partial charge in [-0.25, -0.2) is 13.1 Å². The molecule has 2 N–H and O–H groups in total. The van der Waals surface area contributed by atoms with Crippen molar-refractivity contribution in [1.29, 1.82) is 0 Å². The predicted molar refractivity (Wildman–Crippen MR) is 216 cm³/mol. The summed E-state index contributed by atoms with van der Waals surface area (Å²) >= 11 is 1.15. The van der Waals surface area contributed by atoms with Gasteiger partial charge >= 0.3 is 11.9 Å². The molecule has 1 aromatic heterocycles. The van der Waals surface area contributed by atoms with Gasteiger partial charge in [0.1, 0.15) is 27.8 Å². The summed E-state index contributed by atoms with van der Waals surface area (Å²) in [6, 6.07) is 7.81. The van der Waals surface area contributed by atoms with Crippen LogP contribution >= 0.6 is 11.3 Å². The number of cyclic esters (lactones) is 1. The van der Waals surface area contributed by atoms with E-state index >= 15 is 0 Å². The van der Waals surface area contributed by atoms with Gasteiger partial charge in [-0.15, -0.1) is 11.3 Å². The van der Waals surface area contributed by atoms with Gasteiger partial charge in [-0.2, -0.15) is 0 Å². The highest BCUT2D eigenvalue weighted by Gasteiger charge is 2.57. The average Bonchev–Trinajstić information content (AvgIpc) is 3.76. The zero-order chi connectivity index (χ0) is 42.5. The zero-order valence-electron chi connectivity index (χ0n) is 35.3. The minimum absolute atomic E-state index is 0.00817. The van der Waals surface area contributed by atoms with Gasteiger partial charge in [-0.3, -0.25) is 14.4 Å². The molecule has 4 aliphatic rings. The Hall–Kier alpha value is -2.54. The van der Waals surface area contributed by atoms with Crippen LogP contribution in [-0.2, 0) is 52.8 Å². The number of hydrogen-bond donors (Lipinski definition) is 2. The summed E-state index contributed by atoms with van der Waals surface area (Å²) in [6.45, 7) is 14.1. The number of sulfonamides is 1. The summed E-state index contributed by atoms with van der Waals surface area (Å²) in [5, 5.41) is 12.5. The van der Waals surface area contributed by atoms with E-state index in [4.69, 9.17) is 28.4 Å². The van der Waals surface area contributed by atoms with Gasteiger partial charge in [0.2, 0.25) is 0 Å². The van der Waals surface area contributed by atoms with Crippen LogP contribution in [0.15, 0.2) is 34.5 Å². The Bertz CT molecular complexity index is 1890. The molecule has 4 aliphatic heterocycles. The lowest BCUT2D eigenvalue weighted by Crippen LogP contribution is -2.60. The molecule has 1 unspecified atom stereocenters. The number of likely N-dealkylation sites (N-methyl/N-ethyl adjacent to an activating group) is 1. The highest BCUT2D eigenvalue weighted by molar-refractivity contribution is 7.91. The summed E-state index contributed by atoms with van der Waals surface area (Å²) in [7, 11) is -0.315. The second-order valence-electron chi connectivity index (χ2n) is 17.7. The van der Waals surface area contributed by atoms with Gasteiger partial charge in [0, 0.05) is 34.4 Å². The van der Waals surface area contributed by atoms with E-state index in [1.165, 1.54) is 0 Å². The van der Waals surface area contributed by atoms with Crippen molar-refractivity contribution >= 4 is 49.2 Å². The Morgan fingerprint density at radius 3 is 2.41 bits per heavy atom. The molecule has 4 fully saturated rings. The first-order valence-electron chi connectivity index (χ1n) is 20.6. The number of aliphatic hydroxyl groups is 1. The molecule has 0 amide bonds. The van der Waals surface area contributed by atoms with Gasteiger partial charge in [0.05, 0.1) is 55.5 Å². The number of hydrogen-bond acceptors (Lipinski definition) is 14. The topological polar surface area (TPSA) is 176 Å². The van der Waals surface area contributed by atoms with Crippen LogP contribution in [0.2, 0.25) is 0 Å². The third-order valence-corrected chi connectivity index (χ3v) is 16.2. The third-order valence-electron chi connectivity index (χ3n) is 13.1. The van der Waals surface area contributed by atoms with Crippen LogP contribution in [0.1, 0.15) is 81.1 Å². The van der Waals surface area contributed by atoms with Crippen LogP contribution in [0.5, 0.6) is 0 Å². The lowest BCUT2D eigenvalue weighted by atomic mass is 9.70. The van der Waals surface area contributed by atoms with Crippen molar-refractivity contribution in [3.8, 4) is 0 Å². The highest BCUT2D eigenvalue weighted by Crippen LogP contribution is 2.46. The van der Waals surface area contributed by atoms with Crippen molar-refractivity contribution in [2.75, 3.05) is 27.3 Å². The molecule has 15 atom stereocenters. The number of fused-ring (bicyclic) bond motifs is 5. The Kier molecular flexibility index (Phi) is 13.5. The maximum Gasteiger partial charge on any atom is 0.311 e. The Balaban J connectivity index is 1.44. The molecule has 58 heavy (non-hydrogen) atoms. The molecule has 0 spiro atoms. The van der Waals surface area contributed by atoms with E-state index in [0.717, 1.165) is 21.4 Å². The van der Waals surface area contributed by atoms with E-state index in [1.807, 2.05) is 77.9 Å². The van der Waals surface area contributed by atoms with Gasteiger partial charge in [0.15, 0.2) is 6.29 Å². The summed E-state index contributed by atoms with van der Waals surface area (Å²) in [5.41, 5.74) is -2.60. The van der Waals surface area contributed by atoms with E-state index in [0.29, 0.717) is 12.8 Å². The van der Waals surface area contributed by atoms with Crippen LogP contribution in [0.3, 0.4) is 0 Å². The smallest absolute Gasteiger partial charge is 0.311 e. The van der Waals surface area contributed by atoms with Crippen molar-refractivity contribution in [1.82, 2.24) is 9.62 Å². The number of ketones is 1. The lowest BCUT2D eigenvalue weighted by molar-refractivity contribution is -0.302. The van der Waals surface area contributed by atoms with Crippen LogP contribution in [0, 0.1) is 29.6 Å². The molecule has 6 rings (SSSR count). The van der Waals surface area contributed by atoms with Crippen molar-refractivity contribution in [3.05, 3.63) is 30.3 Å². The SMILES string of the molecule is CC[C@H]1OC(=O)[C@H](C)[C@H]2OCC(NS(=O)(=O)c3cc4ccccc4s3)CO[C@](C)(C[C@@H](C)C(=O)[C@H](C)[C@@H]3CC(=O)O[C@]13C)[C@H](O[C@@H]1O[C@H](C)C[C@H](N(C)C)[C@H]1O)[C@H]2C. The second kappa shape index (κ2) is 17.4. The van der Waals surface area contributed by atoms with Crippen LogP contribution in [-0.4, -0.2) is 124 Å². The fourth-order valence-electron chi connectivity index (χ4n) is 9.87. The summed E-state index contributed by atoms with van der Waals surface area (Å²) in [5.74, 6) is -4.73. The molecule has 14 nitrogen and oxygen atoms in total. The molecule has 0 aliphatic carbocycles. The number of benzene rings is 1. The Labute approximate surface area is 346 Å². The quantitative estimate of drug-likeness (QED) is 0.368. The number of carbonyl (C=O) groups is 3. The molecule has 0 radical (unpaired) electrons. The van der Waals surface area contributed by atoms with Crippen molar-refractivity contribution in [2.45, 2.75) is 145 Å². The zero-order valence-corrected chi connectivity index (χ0v) is 37.0. The van der Waals surface area contributed by atoms with E-state index in [1.54, 1.807) is 26.8 Å². The molecule has 0 saturated carbocycles. The van der Waals surface area contributed by atoms with Crippen molar-refractivity contribution in [2.24, 2.45) is 29.6 Å². The number of ether oxygens (including phenoxy) is 6. The molecular formula is C42H62N2O12S2. The maximum atomic E-state index is 14.6. The van der Waals surface area contributed by atoms with E-state index < -0.39 is 99.5 Å². The first kappa shape index (κ1) is 45.0. The summed E-state index contributed by atoms with van der Waals surface area (Å²) < 4.78 is 70.6. The number of nitrogens with one attached hydrogen (secondary N) is 1. The number of aliphatic hydroxyl groups excluding tert-OH is 1. The number of thiophene rings is 1. The third kappa shape index (κ3) is 8.92. The van der Waals surface area contributed by atoms with E-state index in [2.05, 4.69) is 4.72 Å². The van der Waals surface area contributed by atoms with Crippen molar-refractivity contribution in [3.63, 3.8) is 0 Å². The normalized spacial score (nSPS) is 41.0. The van der Waals surface area contributed by atoms with Gasteiger partial charge in [-0.1, -0.05) is 45.9 Å². The fourth-order valence-corrected chi connectivity index (χ4v) is 12.5. The van der Waals surface area contributed by atoms with Crippen LogP contribution in [0.4, 0.5) is 0 Å². The molecule has 2 aromatic rings. The molecule has 4 saturated heterocycles. The largest absolute Gasteiger partial charge is 0.458 e. The van der Waals surface area contributed by atoms with E-state index in [9.17, 15) is 27.9 Å². The number of rotatable bonds is 7. The standard InChI is InChI=1S/C42H62N2O12S2/c1-11-32-42(8)29(18-33(45)56-42)24(4)35(46)22(2)19-41(7)38(55-40-36(47)30(44(9)10)16-23(3)53-40)25(5)37(26(6)39(48)54-32)51-20-28(21-52-41)43-58(49,50)34-17-27-14-12-13-15-31(27)57-34/h12-15,17,22-26,28-30,32,36-38,40,43,47H,11,16,18-21H2,1-10H3/t22-,23-,24-,25+,26-,28?,29+,30+,32-,36-,37+,38-,40+,41-,42+/m1/s1. The highest BCUT2D eigenvalue weighted by atomic mass is 32.2. The number of Topliss-reactive ketones (excluding diaryl/α,β-unsaturated/α-hetero) is 1. The Morgan fingerprint density at radius 2 is 1.74 bits per heavy atom. The Morgan fingerprint density at radius 1 is 1.03 bits per heavy atom. The predicted octanol–water partition coefficient (Wildman–Crippen LogP) is 4.69. The maximum absolute atomic E-state index is 14.6. The van der Waals surface area contributed by atoms with Gasteiger partial charge in [-0.05, 0) is 78.6 Å². The lowest BCUT2D eigenvalue weighted by Gasteiger charge is -2.48.